The number of aromatic nitrogens is 1. The molecule has 1 saturated heterocycles. The van der Waals surface area contributed by atoms with Crippen molar-refractivity contribution in [1.82, 2.24) is 9.88 Å². The Bertz CT molecular complexity index is 633. The number of piperidine rings is 1. The Balaban J connectivity index is 0.00000109. The Morgan fingerprint density at radius 3 is 2.56 bits per heavy atom. The number of benzene rings is 1. The fourth-order valence-electron chi connectivity index (χ4n) is 3.39. The highest BCUT2D eigenvalue weighted by atomic mass is 35.5. The van der Waals surface area contributed by atoms with Gasteiger partial charge in [-0.1, -0.05) is 43.6 Å². The van der Waals surface area contributed by atoms with Crippen LogP contribution in [0.4, 0.5) is 0 Å². The van der Waals surface area contributed by atoms with Crippen molar-refractivity contribution in [2.24, 2.45) is 5.92 Å². The maximum atomic E-state index is 6.08. The zero-order valence-corrected chi connectivity index (χ0v) is 16.6. The second-order valence-electron chi connectivity index (χ2n) is 6.69. The molecule has 3 heteroatoms. The number of halogens is 1. The predicted molar refractivity (Wildman–Crippen MR) is 108 cm³/mol. The molecule has 1 aromatic carbocycles. The van der Waals surface area contributed by atoms with Crippen LogP contribution in [0, 0.1) is 5.92 Å². The van der Waals surface area contributed by atoms with Crippen LogP contribution in [-0.2, 0) is 19.3 Å². The van der Waals surface area contributed by atoms with Crippen LogP contribution >= 0.6 is 11.6 Å². The molecule has 1 aromatic heterocycles. The number of hydrogen-bond acceptors (Lipinski definition) is 2. The van der Waals surface area contributed by atoms with Gasteiger partial charge in [-0.05, 0) is 87.5 Å². The van der Waals surface area contributed by atoms with Gasteiger partial charge in [-0.2, -0.15) is 0 Å². The Morgan fingerprint density at radius 2 is 1.84 bits per heavy atom. The molecule has 0 aliphatic carbocycles. The van der Waals surface area contributed by atoms with Crippen molar-refractivity contribution >= 4 is 11.6 Å². The van der Waals surface area contributed by atoms with E-state index in [0.29, 0.717) is 0 Å². The third-order valence-electron chi connectivity index (χ3n) is 4.88. The average molecular weight is 359 g/mol. The second-order valence-corrected chi connectivity index (χ2v) is 7.13. The fraction of sp³-hybridized carbons (Fsp3) is 0.500. The lowest BCUT2D eigenvalue weighted by Crippen LogP contribution is -2.31. The Labute approximate surface area is 158 Å². The smallest absolute Gasteiger partial charge is 0.0438 e. The van der Waals surface area contributed by atoms with Crippen LogP contribution in [0.15, 0.2) is 42.6 Å². The lowest BCUT2D eigenvalue weighted by Gasteiger charge is -2.29. The van der Waals surface area contributed by atoms with E-state index in [4.69, 9.17) is 11.6 Å². The van der Waals surface area contributed by atoms with Crippen LogP contribution in [0.25, 0.3) is 0 Å². The molecule has 0 bridgehead atoms. The minimum Gasteiger partial charge on any atom is -0.306 e. The Morgan fingerprint density at radius 1 is 1.08 bits per heavy atom. The van der Waals surface area contributed by atoms with Crippen molar-refractivity contribution < 1.29 is 0 Å². The van der Waals surface area contributed by atoms with E-state index in [1.807, 2.05) is 32.2 Å². The maximum Gasteiger partial charge on any atom is 0.0438 e. The van der Waals surface area contributed by atoms with Gasteiger partial charge in [0.1, 0.15) is 0 Å². The minimum atomic E-state index is 0.783. The number of likely N-dealkylation sites (tertiary alicyclic amines) is 1. The number of pyridine rings is 1. The summed E-state index contributed by atoms with van der Waals surface area (Å²) in [6, 6.07) is 12.5. The first kappa shape index (κ1) is 19.9. The lowest BCUT2D eigenvalue weighted by atomic mass is 9.90. The van der Waals surface area contributed by atoms with E-state index in [9.17, 15) is 0 Å². The van der Waals surface area contributed by atoms with E-state index < -0.39 is 0 Å². The van der Waals surface area contributed by atoms with Gasteiger partial charge in [0.05, 0.1) is 0 Å². The van der Waals surface area contributed by atoms with Crippen LogP contribution in [0.5, 0.6) is 0 Å². The molecule has 0 amide bonds. The molecule has 25 heavy (non-hydrogen) atoms. The summed E-state index contributed by atoms with van der Waals surface area (Å²) in [4.78, 5) is 7.11. The van der Waals surface area contributed by atoms with Crippen molar-refractivity contribution in [3.63, 3.8) is 0 Å². The molecule has 1 aliphatic heterocycles. The van der Waals surface area contributed by atoms with Crippen LogP contribution < -0.4 is 0 Å². The van der Waals surface area contributed by atoms with Gasteiger partial charge in [0, 0.05) is 16.9 Å². The van der Waals surface area contributed by atoms with Gasteiger partial charge in [-0.15, -0.1) is 0 Å². The summed E-state index contributed by atoms with van der Waals surface area (Å²) in [6.07, 6.45) is 7.71. The Kier molecular flexibility index (Phi) is 8.43. The molecule has 2 aromatic rings. The van der Waals surface area contributed by atoms with Crippen LogP contribution in [0.3, 0.4) is 0 Å². The number of hydrogen-bond donors (Lipinski definition) is 0. The van der Waals surface area contributed by atoms with E-state index >= 15 is 0 Å². The van der Waals surface area contributed by atoms with E-state index in [1.165, 1.54) is 42.8 Å². The number of aryl methyl sites for hydroxylation is 2. The molecule has 0 unspecified atom stereocenters. The standard InChI is InChI=1S/C20H25ClN2.C2H6/c1-23-12-9-17(10-13-23)15-20-18(5-3-11-22-20)8-7-16-4-2-6-19(21)14-16;1-2/h2-6,11,14,17H,7-10,12-13,15H2,1H3;1-2H3. The van der Waals surface area contributed by atoms with E-state index in [2.05, 4.69) is 41.2 Å². The van der Waals surface area contributed by atoms with Gasteiger partial charge in [-0.3, -0.25) is 4.98 Å². The third kappa shape index (κ3) is 6.45. The zero-order valence-electron chi connectivity index (χ0n) is 15.8. The largest absolute Gasteiger partial charge is 0.306 e. The lowest BCUT2D eigenvalue weighted by molar-refractivity contribution is 0.218. The summed E-state index contributed by atoms with van der Waals surface area (Å²) in [7, 11) is 2.22. The van der Waals surface area contributed by atoms with Crippen molar-refractivity contribution in [1.29, 1.82) is 0 Å². The molecule has 1 fully saturated rings. The first-order valence-electron chi connectivity index (χ1n) is 9.56. The highest BCUT2D eigenvalue weighted by Gasteiger charge is 2.18. The SMILES string of the molecule is CC.CN1CCC(Cc2ncccc2CCc2cccc(Cl)c2)CC1. The summed E-state index contributed by atoms with van der Waals surface area (Å²) in [5.74, 6) is 0.783. The molecular formula is C22H31ClN2. The van der Waals surface area contributed by atoms with Crippen LogP contribution in [0.1, 0.15) is 43.5 Å². The van der Waals surface area contributed by atoms with E-state index in [1.54, 1.807) is 0 Å². The highest BCUT2D eigenvalue weighted by molar-refractivity contribution is 6.30. The van der Waals surface area contributed by atoms with Gasteiger partial charge in [0.2, 0.25) is 0 Å². The highest BCUT2D eigenvalue weighted by Crippen LogP contribution is 2.22. The first-order chi connectivity index (χ1) is 12.2. The van der Waals surface area contributed by atoms with Gasteiger partial charge in [0.25, 0.3) is 0 Å². The molecule has 0 saturated carbocycles. The normalized spacial score (nSPS) is 15.5. The van der Waals surface area contributed by atoms with Gasteiger partial charge < -0.3 is 4.90 Å². The van der Waals surface area contributed by atoms with Gasteiger partial charge in [0.15, 0.2) is 0 Å². The number of rotatable bonds is 5. The van der Waals surface area contributed by atoms with Crippen molar-refractivity contribution in [3.8, 4) is 0 Å². The molecule has 0 atom stereocenters. The molecule has 1 aliphatic rings. The zero-order chi connectivity index (χ0) is 18.1. The summed E-state index contributed by atoms with van der Waals surface area (Å²) in [5.41, 5.74) is 3.99. The third-order valence-corrected chi connectivity index (χ3v) is 5.11. The molecule has 0 spiro atoms. The van der Waals surface area contributed by atoms with Crippen LogP contribution in [0.2, 0.25) is 5.02 Å². The molecular weight excluding hydrogens is 328 g/mol. The predicted octanol–water partition coefficient (Wildman–Crippen LogP) is 5.43. The van der Waals surface area contributed by atoms with Crippen molar-refractivity contribution in [2.45, 2.75) is 46.0 Å². The molecule has 0 N–H and O–H groups in total. The monoisotopic (exact) mass is 358 g/mol. The van der Waals surface area contributed by atoms with Gasteiger partial charge in [-0.25, -0.2) is 0 Å². The molecule has 0 radical (unpaired) electrons. The maximum absolute atomic E-state index is 6.08. The summed E-state index contributed by atoms with van der Waals surface area (Å²) >= 11 is 6.08. The molecule has 136 valence electrons. The summed E-state index contributed by atoms with van der Waals surface area (Å²) in [5, 5.41) is 0.820. The summed E-state index contributed by atoms with van der Waals surface area (Å²) < 4.78 is 0. The molecule has 2 heterocycles. The molecule has 3 rings (SSSR count). The topological polar surface area (TPSA) is 16.1 Å². The molecule has 2 nitrogen and oxygen atoms in total. The number of nitrogens with zero attached hydrogens (tertiary/aromatic N) is 2. The van der Waals surface area contributed by atoms with E-state index in [-0.39, 0.29) is 0 Å². The van der Waals surface area contributed by atoms with Crippen LogP contribution in [-0.4, -0.2) is 30.0 Å². The Hall–Kier alpha value is -1.38. The quantitative estimate of drug-likeness (QED) is 0.708. The van der Waals surface area contributed by atoms with Crippen molar-refractivity contribution in [3.05, 3.63) is 64.4 Å². The van der Waals surface area contributed by atoms with Crippen molar-refractivity contribution in [2.75, 3.05) is 20.1 Å². The first-order valence-corrected chi connectivity index (χ1v) is 9.94. The summed E-state index contributed by atoms with van der Waals surface area (Å²) in [6.45, 7) is 6.44. The van der Waals surface area contributed by atoms with Gasteiger partial charge >= 0.3 is 0 Å². The second kappa shape index (κ2) is 10.6. The minimum absolute atomic E-state index is 0.783. The average Bonchev–Trinajstić information content (AvgIpc) is 2.65. The fourth-order valence-corrected chi connectivity index (χ4v) is 3.61. The van der Waals surface area contributed by atoms with E-state index in [0.717, 1.165) is 30.2 Å².